The quantitative estimate of drug-likeness (QED) is 0.686. The largest absolute Gasteiger partial charge is 0.459 e. The molecule has 1 aliphatic heterocycles. The van der Waals surface area contributed by atoms with Gasteiger partial charge in [-0.2, -0.15) is 4.98 Å². The first-order valence-electron chi connectivity index (χ1n) is 9.38. The van der Waals surface area contributed by atoms with E-state index in [2.05, 4.69) is 15.5 Å². The number of nitrogens with zero attached hydrogens (tertiary/aromatic N) is 3. The summed E-state index contributed by atoms with van der Waals surface area (Å²) in [4.78, 5) is 30.8. The van der Waals surface area contributed by atoms with Crippen molar-refractivity contribution in [1.82, 2.24) is 20.4 Å². The molecule has 2 aromatic heterocycles. The molecule has 1 saturated heterocycles. The lowest BCUT2D eigenvalue weighted by molar-refractivity contribution is -0.134. The molecule has 0 radical (unpaired) electrons. The van der Waals surface area contributed by atoms with E-state index in [1.807, 2.05) is 0 Å². The summed E-state index contributed by atoms with van der Waals surface area (Å²) >= 11 is 0. The maximum absolute atomic E-state index is 14.0. The summed E-state index contributed by atoms with van der Waals surface area (Å²) in [6.07, 6.45) is 2.66. The molecule has 1 fully saturated rings. The number of carbonyl (C=O) groups is 2. The number of likely N-dealkylation sites (tertiary alicyclic amines) is 1. The molecule has 10 heteroatoms. The van der Waals surface area contributed by atoms with Crippen LogP contribution in [0.3, 0.4) is 0 Å². The monoisotopic (exact) mass is 416 g/mol. The van der Waals surface area contributed by atoms with E-state index in [0.717, 1.165) is 12.1 Å². The van der Waals surface area contributed by atoms with Gasteiger partial charge in [0.15, 0.2) is 5.76 Å². The first-order chi connectivity index (χ1) is 14.4. The number of benzene rings is 1. The predicted octanol–water partition coefficient (Wildman–Crippen LogP) is 3.09. The Labute approximate surface area is 169 Å². The van der Waals surface area contributed by atoms with Gasteiger partial charge in [-0.1, -0.05) is 5.16 Å². The zero-order valence-corrected chi connectivity index (χ0v) is 16.0. The molecule has 0 unspecified atom stereocenters. The van der Waals surface area contributed by atoms with Gasteiger partial charge in [-0.25, -0.2) is 8.78 Å². The van der Waals surface area contributed by atoms with Crippen molar-refractivity contribution in [3.63, 3.8) is 0 Å². The van der Waals surface area contributed by atoms with Crippen LogP contribution in [0.4, 0.5) is 8.78 Å². The standard InChI is InChI=1S/C20H18F2N4O4/c1-11(23-18(27)16-5-3-9-29-16)20(28)26-8-2-4-15(26)19-24-17(25-30-19)13-7-6-12(21)10-14(13)22/h3,5-7,9-11,15H,2,4,8H2,1H3,(H,23,27)/t11-,15-/m0/s1. The fourth-order valence-corrected chi connectivity index (χ4v) is 3.42. The molecular formula is C20H18F2N4O4. The van der Waals surface area contributed by atoms with Crippen molar-refractivity contribution in [3.05, 3.63) is 59.9 Å². The molecular weight excluding hydrogens is 398 g/mol. The SMILES string of the molecule is C[C@H](NC(=O)c1ccco1)C(=O)N1CCC[C@H]1c1nc(-c2ccc(F)cc2F)no1. The second-order valence-corrected chi connectivity index (χ2v) is 6.94. The molecule has 2 atom stereocenters. The topological polar surface area (TPSA) is 101 Å². The van der Waals surface area contributed by atoms with Gasteiger partial charge in [-0.15, -0.1) is 0 Å². The zero-order chi connectivity index (χ0) is 21.3. The lowest BCUT2D eigenvalue weighted by atomic mass is 10.2. The van der Waals surface area contributed by atoms with Crippen molar-refractivity contribution in [2.45, 2.75) is 31.8 Å². The van der Waals surface area contributed by atoms with Gasteiger partial charge in [0, 0.05) is 12.6 Å². The number of halogens is 2. The van der Waals surface area contributed by atoms with Crippen LogP contribution in [0.25, 0.3) is 11.4 Å². The number of hydrogen-bond donors (Lipinski definition) is 1. The maximum Gasteiger partial charge on any atom is 0.287 e. The number of hydrogen-bond acceptors (Lipinski definition) is 6. The van der Waals surface area contributed by atoms with Crippen LogP contribution >= 0.6 is 0 Å². The molecule has 0 bridgehead atoms. The maximum atomic E-state index is 14.0. The Kier molecular flexibility index (Phi) is 5.30. The highest BCUT2D eigenvalue weighted by atomic mass is 19.1. The molecule has 0 aliphatic carbocycles. The molecule has 0 spiro atoms. The van der Waals surface area contributed by atoms with Gasteiger partial charge < -0.3 is 19.2 Å². The Bertz CT molecular complexity index is 1070. The fourth-order valence-electron chi connectivity index (χ4n) is 3.42. The number of furan rings is 1. The smallest absolute Gasteiger partial charge is 0.287 e. The lowest BCUT2D eigenvalue weighted by Gasteiger charge is -2.25. The highest BCUT2D eigenvalue weighted by Gasteiger charge is 2.36. The first kappa shape index (κ1) is 19.7. The van der Waals surface area contributed by atoms with E-state index in [1.165, 1.54) is 18.4 Å². The van der Waals surface area contributed by atoms with Gasteiger partial charge in [0.25, 0.3) is 5.91 Å². The molecule has 156 valence electrons. The summed E-state index contributed by atoms with van der Waals surface area (Å²) < 4.78 is 37.4. The molecule has 1 N–H and O–H groups in total. The Balaban J connectivity index is 1.49. The molecule has 1 aliphatic rings. The van der Waals surface area contributed by atoms with Crippen molar-refractivity contribution >= 4 is 11.8 Å². The Morgan fingerprint density at radius 1 is 1.30 bits per heavy atom. The summed E-state index contributed by atoms with van der Waals surface area (Å²) in [5, 5.41) is 6.37. The average molecular weight is 416 g/mol. The molecule has 2 amide bonds. The predicted molar refractivity (Wildman–Crippen MR) is 99.0 cm³/mol. The summed E-state index contributed by atoms with van der Waals surface area (Å²) in [7, 11) is 0. The van der Waals surface area contributed by atoms with Gasteiger partial charge >= 0.3 is 0 Å². The number of nitrogens with one attached hydrogen (secondary N) is 1. The van der Waals surface area contributed by atoms with Crippen LogP contribution in [0.1, 0.15) is 42.3 Å². The van der Waals surface area contributed by atoms with Crippen LogP contribution in [0.2, 0.25) is 0 Å². The van der Waals surface area contributed by atoms with Gasteiger partial charge in [-0.05, 0) is 44.0 Å². The van der Waals surface area contributed by atoms with Crippen molar-refractivity contribution in [3.8, 4) is 11.4 Å². The lowest BCUT2D eigenvalue weighted by Crippen LogP contribution is -2.46. The van der Waals surface area contributed by atoms with Gasteiger partial charge in [0.2, 0.25) is 17.6 Å². The van der Waals surface area contributed by atoms with E-state index in [-0.39, 0.29) is 28.9 Å². The minimum Gasteiger partial charge on any atom is -0.459 e. The summed E-state index contributed by atoms with van der Waals surface area (Å²) in [5.74, 6) is -2.09. The zero-order valence-electron chi connectivity index (χ0n) is 16.0. The van der Waals surface area contributed by atoms with Crippen LogP contribution in [-0.4, -0.2) is 39.4 Å². The van der Waals surface area contributed by atoms with E-state index in [0.29, 0.717) is 19.4 Å². The molecule has 30 heavy (non-hydrogen) atoms. The first-order valence-corrected chi connectivity index (χ1v) is 9.38. The molecule has 1 aromatic carbocycles. The average Bonchev–Trinajstić information content (AvgIpc) is 3.47. The van der Waals surface area contributed by atoms with Crippen LogP contribution in [0, 0.1) is 11.6 Å². The normalized spacial score (nSPS) is 17.2. The highest BCUT2D eigenvalue weighted by molar-refractivity contribution is 5.95. The van der Waals surface area contributed by atoms with Gasteiger partial charge in [0.05, 0.1) is 11.8 Å². The second kappa shape index (κ2) is 8.05. The second-order valence-electron chi connectivity index (χ2n) is 6.94. The third-order valence-electron chi connectivity index (χ3n) is 4.90. The van der Waals surface area contributed by atoms with Crippen LogP contribution in [0.15, 0.2) is 45.5 Å². The van der Waals surface area contributed by atoms with Crippen molar-refractivity contribution in [1.29, 1.82) is 0 Å². The summed E-state index contributed by atoms with van der Waals surface area (Å²) in [5.41, 5.74) is 0.00125. The minimum atomic E-state index is -0.809. The van der Waals surface area contributed by atoms with E-state index < -0.39 is 29.6 Å². The molecule has 3 aromatic rings. The number of aromatic nitrogens is 2. The van der Waals surface area contributed by atoms with Crippen molar-refractivity contribution in [2.24, 2.45) is 0 Å². The minimum absolute atomic E-state index is 0.00125. The van der Waals surface area contributed by atoms with Gasteiger partial charge in [0.1, 0.15) is 23.7 Å². The number of rotatable bonds is 5. The number of carbonyl (C=O) groups excluding carboxylic acids is 2. The molecule has 0 saturated carbocycles. The molecule has 4 rings (SSSR count). The van der Waals surface area contributed by atoms with Crippen LogP contribution < -0.4 is 5.32 Å². The van der Waals surface area contributed by atoms with Gasteiger partial charge in [-0.3, -0.25) is 9.59 Å². The summed E-state index contributed by atoms with van der Waals surface area (Å²) in [6, 6.07) is 4.84. The Hall–Kier alpha value is -3.56. The van der Waals surface area contributed by atoms with Crippen LogP contribution in [-0.2, 0) is 4.79 Å². The van der Waals surface area contributed by atoms with E-state index in [4.69, 9.17) is 8.94 Å². The Morgan fingerprint density at radius 3 is 2.87 bits per heavy atom. The third kappa shape index (κ3) is 3.80. The Morgan fingerprint density at radius 2 is 2.13 bits per heavy atom. The summed E-state index contributed by atoms with van der Waals surface area (Å²) in [6.45, 7) is 2.03. The molecule has 3 heterocycles. The third-order valence-corrected chi connectivity index (χ3v) is 4.90. The van der Waals surface area contributed by atoms with Crippen molar-refractivity contribution in [2.75, 3.05) is 6.54 Å². The highest BCUT2D eigenvalue weighted by Crippen LogP contribution is 2.33. The van der Waals surface area contributed by atoms with Crippen LogP contribution in [0.5, 0.6) is 0 Å². The van der Waals surface area contributed by atoms with Crippen molar-refractivity contribution < 1.29 is 27.3 Å². The van der Waals surface area contributed by atoms with E-state index in [9.17, 15) is 18.4 Å². The number of amides is 2. The molecule has 8 nitrogen and oxygen atoms in total. The van der Waals surface area contributed by atoms with E-state index in [1.54, 1.807) is 17.9 Å². The fraction of sp³-hybridized carbons (Fsp3) is 0.300. The van der Waals surface area contributed by atoms with E-state index >= 15 is 0 Å².